The molecular weight excluding hydrogens is 319 g/mol. The Bertz CT molecular complexity index is 460. The highest BCUT2D eigenvalue weighted by Crippen LogP contribution is 2.47. The summed E-state index contributed by atoms with van der Waals surface area (Å²) in [5, 5.41) is 3.59. The topological polar surface area (TPSA) is 44.0 Å². The minimum atomic E-state index is 0. The Balaban J connectivity index is 0.000000882. The smallest absolute Gasteiger partial charge is 0.106 e. The fraction of sp³-hybridized carbons (Fsp3) is 0.812. The molecule has 2 N–H and O–H groups in total. The van der Waals surface area contributed by atoms with E-state index in [-0.39, 0.29) is 24.8 Å². The molecule has 3 fully saturated rings. The van der Waals surface area contributed by atoms with E-state index in [1.54, 1.807) is 0 Å². The minimum absolute atomic E-state index is 0. The van der Waals surface area contributed by atoms with Crippen LogP contribution < -0.4 is 5.32 Å². The summed E-state index contributed by atoms with van der Waals surface area (Å²) >= 11 is 0. The number of nitrogens with zero attached hydrogens (tertiary/aromatic N) is 2. The Hall–Kier alpha value is -0.290. The second-order valence-corrected chi connectivity index (χ2v) is 6.83. The number of imidazole rings is 1. The van der Waals surface area contributed by atoms with Gasteiger partial charge in [-0.05, 0) is 44.2 Å². The van der Waals surface area contributed by atoms with Crippen LogP contribution in [0.4, 0.5) is 0 Å². The van der Waals surface area contributed by atoms with Gasteiger partial charge in [0.05, 0.1) is 0 Å². The highest BCUT2D eigenvalue weighted by Gasteiger charge is 2.54. The van der Waals surface area contributed by atoms with Gasteiger partial charge in [-0.15, -0.1) is 24.8 Å². The van der Waals surface area contributed by atoms with Crippen molar-refractivity contribution in [3.05, 3.63) is 17.7 Å². The second-order valence-electron chi connectivity index (χ2n) is 6.83. The van der Waals surface area contributed by atoms with Crippen LogP contribution >= 0.6 is 24.8 Å². The second kappa shape index (κ2) is 7.52. The van der Waals surface area contributed by atoms with Gasteiger partial charge in [-0.25, -0.2) is 4.98 Å². The zero-order valence-corrected chi connectivity index (χ0v) is 14.9. The number of aryl methyl sites for hydroxylation is 1. The SMILES string of the molecule is CCCCc1ncc(CN2[C@@H]3CC[C@H]2[C@H]2CNC[C@H]23)[nH]1.Cl.Cl. The zero-order chi connectivity index (χ0) is 13.5. The van der Waals surface area contributed by atoms with Gasteiger partial charge >= 0.3 is 0 Å². The molecule has 2 bridgehead atoms. The minimum Gasteiger partial charge on any atom is -0.345 e. The molecule has 0 aromatic carbocycles. The predicted octanol–water partition coefficient (Wildman–Crippen LogP) is 2.78. The summed E-state index contributed by atoms with van der Waals surface area (Å²) in [6.45, 7) is 5.81. The molecule has 3 saturated heterocycles. The summed E-state index contributed by atoms with van der Waals surface area (Å²) in [5.41, 5.74) is 1.32. The maximum Gasteiger partial charge on any atom is 0.106 e. The van der Waals surface area contributed by atoms with Gasteiger partial charge < -0.3 is 10.3 Å². The third-order valence-electron chi connectivity index (χ3n) is 5.71. The highest BCUT2D eigenvalue weighted by atomic mass is 35.5. The lowest BCUT2D eigenvalue weighted by atomic mass is 9.82. The van der Waals surface area contributed by atoms with Crippen molar-refractivity contribution in [3.8, 4) is 0 Å². The van der Waals surface area contributed by atoms with Crippen LogP contribution in [0, 0.1) is 11.8 Å². The zero-order valence-electron chi connectivity index (χ0n) is 13.3. The van der Waals surface area contributed by atoms with Crippen molar-refractivity contribution in [2.75, 3.05) is 13.1 Å². The first-order chi connectivity index (χ1) is 9.86. The lowest BCUT2D eigenvalue weighted by Gasteiger charge is -2.23. The Labute approximate surface area is 145 Å². The number of halogens is 2. The Morgan fingerprint density at radius 2 is 1.86 bits per heavy atom. The Morgan fingerprint density at radius 1 is 1.18 bits per heavy atom. The van der Waals surface area contributed by atoms with Crippen LogP contribution in [0.25, 0.3) is 0 Å². The molecule has 0 saturated carbocycles. The number of rotatable bonds is 5. The van der Waals surface area contributed by atoms with Crippen molar-refractivity contribution in [1.29, 1.82) is 0 Å². The first kappa shape index (κ1) is 18.1. The van der Waals surface area contributed by atoms with Crippen LogP contribution in [0.3, 0.4) is 0 Å². The van der Waals surface area contributed by atoms with E-state index < -0.39 is 0 Å². The lowest BCUT2D eigenvalue weighted by Crippen LogP contribution is -2.33. The number of aromatic nitrogens is 2. The van der Waals surface area contributed by atoms with E-state index in [0.717, 1.165) is 36.9 Å². The van der Waals surface area contributed by atoms with Gasteiger partial charge in [-0.2, -0.15) is 0 Å². The van der Waals surface area contributed by atoms with Gasteiger partial charge in [0.15, 0.2) is 0 Å². The van der Waals surface area contributed by atoms with Gasteiger partial charge in [0, 0.05) is 36.9 Å². The van der Waals surface area contributed by atoms with Crippen LogP contribution in [0.15, 0.2) is 6.20 Å². The summed E-state index contributed by atoms with van der Waals surface area (Å²) < 4.78 is 0. The van der Waals surface area contributed by atoms with Crippen LogP contribution in [0.1, 0.15) is 44.1 Å². The molecule has 4 nitrogen and oxygen atoms in total. The molecule has 0 spiro atoms. The maximum absolute atomic E-state index is 4.54. The molecule has 0 aliphatic carbocycles. The van der Waals surface area contributed by atoms with Crippen molar-refractivity contribution < 1.29 is 0 Å². The van der Waals surface area contributed by atoms with E-state index in [2.05, 4.69) is 33.3 Å². The van der Waals surface area contributed by atoms with Crippen molar-refractivity contribution in [1.82, 2.24) is 20.2 Å². The van der Waals surface area contributed by atoms with Crippen molar-refractivity contribution >= 4 is 24.8 Å². The summed E-state index contributed by atoms with van der Waals surface area (Å²) in [7, 11) is 0. The standard InChI is InChI=1S/C16H26N4.2ClH/c1-2-3-4-16-18-7-11(19-16)10-20-14-5-6-15(20)13-9-17-8-12(13)14;;/h7,12-15,17H,2-6,8-10H2,1H3,(H,18,19);2*1H/t12-,13+,14-,15+;;. The highest BCUT2D eigenvalue weighted by molar-refractivity contribution is 5.85. The lowest BCUT2D eigenvalue weighted by molar-refractivity contribution is 0.216. The number of nitrogens with one attached hydrogen (secondary N) is 2. The largest absolute Gasteiger partial charge is 0.345 e. The van der Waals surface area contributed by atoms with Crippen molar-refractivity contribution in [2.45, 2.75) is 57.7 Å². The molecule has 126 valence electrons. The first-order valence-electron chi connectivity index (χ1n) is 8.36. The van der Waals surface area contributed by atoms with Crippen LogP contribution in [-0.4, -0.2) is 40.0 Å². The molecule has 3 aliphatic rings. The average Bonchev–Trinajstić information content (AvgIpc) is 3.18. The molecule has 1 aromatic rings. The fourth-order valence-corrected chi connectivity index (χ4v) is 4.79. The third kappa shape index (κ3) is 3.03. The fourth-order valence-electron chi connectivity index (χ4n) is 4.79. The van der Waals surface area contributed by atoms with E-state index >= 15 is 0 Å². The molecule has 0 amide bonds. The van der Waals surface area contributed by atoms with Crippen LogP contribution in [0.2, 0.25) is 0 Å². The van der Waals surface area contributed by atoms with Gasteiger partial charge in [-0.3, -0.25) is 4.90 Å². The molecule has 4 heterocycles. The number of aromatic amines is 1. The molecule has 4 rings (SSSR count). The number of fused-ring (bicyclic) bond motifs is 5. The van der Waals surface area contributed by atoms with Crippen LogP contribution in [-0.2, 0) is 13.0 Å². The normalized spacial score (nSPS) is 32.6. The van der Waals surface area contributed by atoms with E-state index in [0.29, 0.717) is 0 Å². The molecular formula is C16H28Cl2N4. The summed E-state index contributed by atoms with van der Waals surface area (Å²) in [4.78, 5) is 10.9. The van der Waals surface area contributed by atoms with Crippen molar-refractivity contribution in [2.24, 2.45) is 11.8 Å². The average molecular weight is 347 g/mol. The van der Waals surface area contributed by atoms with Gasteiger partial charge in [0.25, 0.3) is 0 Å². The summed E-state index contributed by atoms with van der Waals surface area (Å²) in [6.07, 6.45) is 8.45. The predicted molar refractivity (Wildman–Crippen MR) is 93.9 cm³/mol. The third-order valence-corrected chi connectivity index (χ3v) is 5.71. The van der Waals surface area contributed by atoms with Crippen LogP contribution in [0.5, 0.6) is 0 Å². The first-order valence-corrected chi connectivity index (χ1v) is 8.36. The molecule has 1 aromatic heterocycles. The van der Waals surface area contributed by atoms with E-state index in [1.165, 1.54) is 50.3 Å². The van der Waals surface area contributed by atoms with Gasteiger partial charge in [0.1, 0.15) is 5.82 Å². The summed E-state index contributed by atoms with van der Waals surface area (Å²) in [6, 6.07) is 1.64. The van der Waals surface area contributed by atoms with Crippen molar-refractivity contribution in [3.63, 3.8) is 0 Å². The van der Waals surface area contributed by atoms with Gasteiger partial charge in [0.2, 0.25) is 0 Å². The molecule has 6 heteroatoms. The number of unbranched alkanes of at least 4 members (excludes halogenated alkanes) is 1. The molecule has 4 atom stereocenters. The Morgan fingerprint density at radius 3 is 2.50 bits per heavy atom. The molecule has 0 unspecified atom stereocenters. The molecule has 22 heavy (non-hydrogen) atoms. The summed E-state index contributed by atoms with van der Waals surface area (Å²) in [5.74, 6) is 3.00. The number of H-pyrrole nitrogens is 1. The Kier molecular flexibility index (Phi) is 6.17. The van der Waals surface area contributed by atoms with E-state index in [4.69, 9.17) is 0 Å². The molecule has 3 aliphatic heterocycles. The van der Waals surface area contributed by atoms with E-state index in [1.807, 2.05) is 0 Å². The van der Waals surface area contributed by atoms with Gasteiger partial charge in [-0.1, -0.05) is 13.3 Å². The maximum atomic E-state index is 4.54. The van der Waals surface area contributed by atoms with E-state index in [9.17, 15) is 0 Å². The molecule has 0 radical (unpaired) electrons. The monoisotopic (exact) mass is 346 g/mol. The quantitative estimate of drug-likeness (QED) is 0.861. The number of hydrogen-bond acceptors (Lipinski definition) is 3. The number of hydrogen-bond donors (Lipinski definition) is 2.